The van der Waals surface area contributed by atoms with Gasteiger partial charge in [0.1, 0.15) is 24.8 Å². The number of anilines is 1. The smallest absolute Gasteiger partial charge is 0.280 e. The van der Waals surface area contributed by atoms with Gasteiger partial charge in [-0.2, -0.15) is 10.1 Å². The van der Waals surface area contributed by atoms with E-state index in [4.69, 9.17) is 14.2 Å². The molecule has 0 radical (unpaired) electrons. The van der Waals surface area contributed by atoms with Crippen LogP contribution < -0.4 is 19.2 Å². The van der Waals surface area contributed by atoms with E-state index in [0.717, 1.165) is 11.3 Å². The normalized spacial score (nSPS) is 12.8. The van der Waals surface area contributed by atoms with Gasteiger partial charge in [-0.1, -0.05) is 11.3 Å². The summed E-state index contributed by atoms with van der Waals surface area (Å²) in [5, 5.41) is 5.98. The molecule has 5 rings (SSSR count). The number of hydrogen-bond donors (Lipinski definition) is 0. The lowest BCUT2D eigenvalue weighted by molar-refractivity contribution is 0.0986. The number of rotatable bonds is 6. The first-order valence-corrected chi connectivity index (χ1v) is 11.5. The largest absolute Gasteiger partial charge is 0.494 e. The van der Waals surface area contributed by atoms with Crippen molar-refractivity contribution in [2.75, 3.05) is 24.8 Å². The Balaban J connectivity index is 1.51. The van der Waals surface area contributed by atoms with Crippen molar-refractivity contribution in [2.45, 2.75) is 6.92 Å². The standard InChI is InChI=1S/C25H20FN3O4S/c1-2-31-19-7-3-16(4-8-19)15-27-29(25-28-20-9-6-18(26)14-23(20)34-25)24(30)17-5-10-21-22(13-17)33-12-11-32-21/h3-10,13-15H,2,11-12H2,1H3/b27-15+. The Kier molecular flexibility index (Phi) is 6.09. The van der Waals surface area contributed by atoms with Crippen molar-refractivity contribution in [2.24, 2.45) is 5.10 Å². The lowest BCUT2D eigenvalue weighted by Gasteiger charge is -2.20. The van der Waals surface area contributed by atoms with Crippen LogP contribution in [-0.2, 0) is 0 Å². The van der Waals surface area contributed by atoms with Crippen molar-refractivity contribution in [3.63, 3.8) is 0 Å². The minimum absolute atomic E-state index is 0.322. The lowest BCUT2D eigenvalue weighted by Crippen LogP contribution is -2.26. The number of fused-ring (bicyclic) bond motifs is 2. The van der Waals surface area contributed by atoms with Gasteiger partial charge >= 0.3 is 0 Å². The zero-order valence-corrected chi connectivity index (χ0v) is 19.0. The fourth-order valence-electron chi connectivity index (χ4n) is 3.41. The summed E-state index contributed by atoms with van der Waals surface area (Å²) in [6, 6.07) is 16.6. The van der Waals surface area contributed by atoms with E-state index in [1.54, 1.807) is 30.5 Å². The Bertz CT molecular complexity index is 1370. The summed E-state index contributed by atoms with van der Waals surface area (Å²) in [5.74, 6) is 1.06. The molecule has 4 aromatic rings. The second kappa shape index (κ2) is 9.48. The van der Waals surface area contributed by atoms with Gasteiger partial charge in [0.2, 0.25) is 5.13 Å². The summed E-state index contributed by atoms with van der Waals surface area (Å²) in [5.41, 5.74) is 1.71. The predicted molar refractivity (Wildman–Crippen MR) is 129 cm³/mol. The molecule has 0 spiro atoms. The third kappa shape index (κ3) is 4.55. The van der Waals surface area contributed by atoms with Gasteiger partial charge < -0.3 is 14.2 Å². The van der Waals surface area contributed by atoms with Crippen LogP contribution in [0.3, 0.4) is 0 Å². The Labute approximate surface area is 199 Å². The molecule has 0 saturated heterocycles. The molecule has 7 nitrogen and oxygen atoms in total. The Morgan fingerprint density at radius 1 is 1.12 bits per heavy atom. The third-order valence-corrected chi connectivity index (χ3v) is 6.01. The second-order valence-electron chi connectivity index (χ2n) is 7.33. The topological polar surface area (TPSA) is 73.2 Å². The van der Waals surface area contributed by atoms with E-state index >= 15 is 0 Å². The summed E-state index contributed by atoms with van der Waals surface area (Å²) in [4.78, 5) is 18.0. The predicted octanol–water partition coefficient (Wildman–Crippen LogP) is 5.29. The molecule has 172 valence electrons. The molecule has 0 unspecified atom stereocenters. The molecule has 1 aliphatic heterocycles. The van der Waals surface area contributed by atoms with Gasteiger partial charge in [0.15, 0.2) is 11.5 Å². The van der Waals surface area contributed by atoms with Crippen molar-refractivity contribution in [3.8, 4) is 17.2 Å². The number of thiazole rings is 1. The summed E-state index contributed by atoms with van der Waals surface area (Å²) >= 11 is 1.18. The van der Waals surface area contributed by atoms with Gasteiger partial charge in [-0.05, 0) is 73.2 Å². The molecule has 0 saturated carbocycles. The molecule has 3 aromatic carbocycles. The SMILES string of the molecule is CCOc1ccc(/C=N/N(C(=O)c2ccc3c(c2)OCCO3)c2nc3ccc(F)cc3s2)cc1. The first-order chi connectivity index (χ1) is 16.6. The fourth-order valence-corrected chi connectivity index (χ4v) is 4.35. The Hall–Kier alpha value is -3.98. The second-order valence-corrected chi connectivity index (χ2v) is 8.34. The van der Waals surface area contributed by atoms with Crippen molar-refractivity contribution in [3.05, 3.63) is 77.6 Å². The molecule has 0 N–H and O–H groups in total. The molecular formula is C25H20FN3O4S. The van der Waals surface area contributed by atoms with Gasteiger partial charge in [0.25, 0.3) is 5.91 Å². The van der Waals surface area contributed by atoms with E-state index in [9.17, 15) is 9.18 Å². The minimum atomic E-state index is -0.404. The highest BCUT2D eigenvalue weighted by Gasteiger charge is 2.23. The van der Waals surface area contributed by atoms with Crippen LogP contribution in [0.1, 0.15) is 22.8 Å². The van der Waals surface area contributed by atoms with Crippen LogP contribution in [-0.4, -0.2) is 36.9 Å². The number of aromatic nitrogens is 1. The van der Waals surface area contributed by atoms with Gasteiger partial charge in [0.05, 0.1) is 23.0 Å². The maximum atomic E-state index is 13.7. The van der Waals surface area contributed by atoms with Crippen molar-refractivity contribution < 1.29 is 23.4 Å². The van der Waals surface area contributed by atoms with Crippen LogP contribution in [0.5, 0.6) is 17.2 Å². The number of hydrazone groups is 1. The van der Waals surface area contributed by atoms with Crippen molar-refractivity contribution >= 4 is 38.8 Å². The van der Waals surface area contributed by atoms with Gasteiger partial charge in [-0.15, -0.1) is 0 Å². The van der Waals surface area contributed by atoms with Crippen LogP contribution in [0.4, 0.5) is 9.52 Å². The number of carbonyl (C=O) groups excluding carboxylic acids is 1. The fraction of sp³-hybridized carbons (Fsp3) is 0.160. The monoisotopic (exact) mass is 477 g/mol. The van der Waals surface area contributed by atoms with E-state index in [1.165, 1.54) is 28.5 Å². The van der Waals surface area contributed by atoms with Gasteiger partial charge in [0, 0.05) is 5.56 Å². The number of carbonyl (C=O) groups is 1. The quantitative estimate of drug-likeness (QED) is 0.279. The first kappa shape index (κ1) is 21.8. The van der Waals surface area contributed by atoms with Crippen LogP contribution in [0.25, 0.3) is 10.2 Å². The average molecular weight is 478 g/mol. The highest BCUT2D eigenvalue weighted by atomic mass is 32.1. The Morgan fingerprint density at radius 2 is 1.91 bits per heavy atom. The summed E-state index contributed by atoms with van der Waals surface area (Å²) in [6.07, 6.45) is 1.57. The molecule has 1 amide bonds. The number of amides is 1. The molecule has 1 aliphatic rings. The highest BCUT2D eigenvalue weighted by molar-refractivity contribution is 7.22. The van der Waals surface area contributed by atoms with Crippen LogP contribution >= 0.6 is 11.3 Å². The van der Waals surface area contributed by atoms with E-state index in [1.807, 2.05) is 31.2 Å². The third-order valence-electron chi connectivity index (χ3n) is 5.02. The molecule has 1 aromatic heterocycles. The minimum Gasteiger partial charge on any atom is -0.494 e. The molecule has 0 bridgehead atoms. The zero-order valence-electron chi connectivity index (χ0n) is 18.2. The first-order valence-electron chi connectivity index (χ1n) is 10.7. The number of hydrogen-bond acceptors (Lipinski definition) is 7. The maximum Gasteiger partial charge on any atom is 0.280 e. The summed E-state index contributed by atoms with van der Waals surface area (Å²) < 4.78 is 31.0. The number of benzene rings is 3. The van der Waals surface area contributed by atoms with E-state index in [2.05, 4.69) is 10.1 Å². The molecule has 0 aliphatic carbocycles. The number of nitrogens with zero attached hydrogens (tertiary/aromatic N) is 3. The van der Waals surface area contributed by atoms with Gasteiger partial charge in [-0.3, -0.25) is 4.79 Å². The van der Waals surface area contributed by atoms with Gasteiger partial charge in [-0.25, -0.2) is 9.37 Å². The van der Waals surface area contributed by atoms with Crippen LogP contribution in [0.15, 0.2) is 65.8 Å². The molecule has 34 heavy (non-hydrogen) atoms. The van der Waals surface area contributed by atoms with E-state index in [-0.39, 0.29) is 5.82 Å². The molecule has 9 heteroatoms. The van der Waals surface area contributed by atoms with Crippen molar-refractivity contribution in [1.82, 2.24) is 4.98 Å². The summed E-state index contributed by atoms with van der Waals surface area (Å²) in [6.45, 7) is 3.36. The van der Waals surface area contributed by atoms with Crippen molar-refractivity contribution in [1.29, 1.82) is 0 Å². The molecular weight excluding hydrogens is 457 g/mol. The Morgan fingerprint density at radius 3 is 2.71 bits per heavy atom. The maximum absolute atomic E-state index is 13.7. The molecule has 0 atom stereocenters. The molecule has 0 fully saturated rings. The lowest BCUT2D eigenvalue weighted by atomic mass is 10.2. The molecule has 2 heterocycles. The van der Waals surface area contributed by atoms with E-state index < -0.39 is 5.91 Å². The van der Waals surface area contributed by atoms with Crippen LogP contribution in [0, 0.1) is 5.82 Å². The average Bonchev–Trinajstić information content (AvgIpc) is 3.27. The summed E-state index contributed by atoms with van der Waals surface area (Å²) in [7, 11) is 0. The number of halogens is 1. The van der Waals surface area contributed by atoms with Crippen LogP contribution in [0.2, 0.25) is 0 Å². The van der Waals surface area contributed by atoms with E-state index in [0.29, 0.717) is 52.2 Å². The number of ether oxygens (including phenoxy) is 3. The highest BCUT2D eigenvalue weighted by Crippen LogP contribution is 2.34. The zero-order chi connectivity index (χ0) is 23.5.